The summed E-state index contributed by atoms with van der Waals surface area (Å²) in [6.45, 7) is 0.494. The van der Waals surface area contributed by atoms with Crippen LogP contribution in [-0.4, -0.2) is 35.3 Å². The highest BCUT2D eigenvalue weighted by atomic mass is 16.5. The number of methoxy groups -OCH3 is 1. The van der Waals surface area contributed by atoms with Crippen molar-refractivity contribution >= 4 is 5.95 Å². The van der Waals surface area contributed by atoms with Gasteiger partial charge in [0.15, 0.2) is 0 Å². The van der Waals surface area contributed by atoms with Crippen LogP contribution < -0.4 is 10.1 Å². The van der Waals surface area contributed by atoms with Gasteiger partial charge in [-0.1, -0.05) is 0 Å². The van der Waals surface area contributed by atoms with Gasteiger partial charge in [-0.05, 0) is 0 Å². The van der Waals surface area contributed by atoms with Crippen LogP contribution in [0.5, 0.6) is 5.88 Å². The van der Waals surface area contributed by atoms with Crippen LogP contribution in [0.4, 0.5) is 5.95 Å². The van der Waals surface area contributed by atoms with Gasteiger partial charge in [-0.25, -0.2) is 4.98 Å². The van der Waals surface area contributed by atoms with Crippen molar-refractivity contribution < 1.29 is 9.84 Å². The van der Waals surface area contributed by atoms with Gasteiger partial charge in [0.25, 0.3) is 0 Å². The molecule has 1 aromatic heterocycles. The first-order valence-electron chi connectivity index (χ1n) is 3.58. The number of nitrogens with zero attached hydrogens (tertiary/aromatic N) is 2. The van der Waals surface area contributed by atoms with Crippen LogP contribution in [0.3, 0.4) is 0 Å². The molecule has 2 N–H and O–H groups in total. The molecule has 0 fully saturated rings. The first-order valence-corrected chi connectivity index (χ1v) is 3.58. The number of aliphatic hydroxyl groups excluding tert-OH is 1. The topological polar surface area (TPSA) is 67.3 Å². The Kier molecular flexibility index (Phi) is 3.28. The summed E-state index contributed by atoms with van der Waals surface area (Å²) in [5, 5.41) is 11.3. The van der Waals surface area contributed by atoms with Crippen molar-refractivity contribution in [1.29, 1.82) is 0 Å². The molecule has 0 saturated heterocycles. The predicted octanol–water partition coefficient (Wildman–Crippen LogP) is -0.111. The molecule has 0 radical (unpaired) electrons. The Morgan fingerprint density at radius 3 is 3.17 bits per heavy atom. The Morgan fingerprint density at radius 1 is 1.67 bits per heavy atom. The minimum atomic E-state index is 0.0561. The summed E-state index contributed by atoms with van der Waals surface area (Å²) in [5.74, 6) is 0.967. The molecule has 0 aromatic carbocycles. The summed E-state index contributed by atoms with van der Waals surface area (Å²) >= 11 is 0. The Morgan fingerprint density at radius 2 is 2.50 bits per heavy atom. The van der Waals surface area contributed by atoms with Crippen LogP contribution in [0.15, 0.2) is 12.3 Å². The third-order valence-electron chi connectivity index (χ3n) is 1.23. The van der Waals surface area contributed by atoms with E-state index in [9.17, 15) is 0 Å². The van der Waals surface area contributed by atoms with E-state index >= 15 is 0 Å². The second kappa shape index (κ2) is 4.50. The van der Waals surface area contributed by atoms with Crippen molar-refractivity contribution in [2.45, 2.75) is 0 Å². The second-order valence-corrected chi connectivity index (χ2v) is 2.07. The first kappa shape index (κ1) is 8.73. The van der Waals surface area contributed by atoms with E-state index in [1.807, 2.05) is 0 Å². The molecule has 0 saturated carbocycles. The smallest absolute Gasteiger partial charge is 0.226 e. The van der Waals surface area contributed by atoms with E-state index in [4.69, 9.17) is 9.84 Å². The van der Waals surface area contributed by atoms with Crippen LogP contribution in [0.2, 0.25) is 0 Å². The number of ether oxygens (including phenoxy) is 1. The van der Waals surface area contributed by atoms with Crippen molar-refractivity contribution in [3.05, 3.63) is 12.3 Å². The highest BCUT2D eigenvalue weighted by Gasteiger charge is 1.96. The van der Waals surface area contributed by atoms with E-state index in [1.54, 1.807) is 12.3 Å². The lowest BCUT2D eigenvalue weighted by molar-refractivity contribution is 0.310. The number of nitrogens with one attached hydrogen (secondary N) is 1. The number of anilines is 1. The highest BCUT2D eigenvalue weighted by Crippen LogP contribution is 2.06. The highest BCUT2D eigenvalue weighted by molar-refractivity contribution is 5.26. The van der Waals surface area contributed by atoms with E-state index in [2.05, 4.69) is 15.3 Å². The number of hydrogen-bond acceptors (Lipinski definition) is 5. The third-order valence-corrected chi connectivity index (χ3v) is 1.23. The van der Waals surface area contributed by atoms with Crippen LogP contribution >= 0.6 is 0 Å². The first-order chi connectivity index (χ1) is 5.86. The molecule has 5 heteroatoms. The Balaban J connectivity index is 2.60. The molecule has 0 amide bonds. The van der Waals surface area contributed by atoms with Gasteiger partial charge in [0.2, 0.25) is 11.8 Å². The molecule has 12 heavy (non-hydrogen) atoms. The molecule has 0 aliphatic heterocycles. The van der Waals surface area contributed by atoms with Gasteiger partial charge in [-0.3, -0.25) is 0 Å². The average Bonchev–Trinajstić information content (AvgIpc) is 2.15. The minimum Gasteiger partial charge on any atom is -0.481 e. The number of hydrogen-bond donors (Lipinski definition) is 2. The largest absolute Gasteiger partial charge is 0.481 e. The molecule has 0 spiro atoms. The maximum atomic E-state index is 8.50. The fourth-order valence-electron chi connectivity index (χ4n) is 0.709. The molecule has 0 aliphatic rings. The van der Waals surface area contributed by atoms with E-state index < -0.39 is 0 Å². The van der Waals surface area contributed by atoms with Crippen LogP contribution in [-0.2, 0) is 0 Å². The zero-order valence-electron chi connectivity index (χ0n) is 6.82. The molecule has 0 atom stereocenters. The zero-order chi connectivity index (χ0) is 8.81. The van der Waals surface area contributed by atoms with E-state index in [1.165, 1.54) is 7.11 Å². The Labute approximate surface area is 70.4 Å². The molecule has 1 heterocycles. The SMILES string of the molecule is COc1ccnc(NCCO)n1. The zero-order valence-corrected chi connectivity index (χ0v) is 6.82. The summed E-state index contributed by atoms with van der Waals surface area (Å²) in [6, 6.07) is 1.66. The van der Waals surface area contributed by atoms with Crippen molar-refractivity contribution in [2.75, 3.05) is 25.6 Å². The molecule has 5 nitrogen and oxygen atoms in total. The molecular formula is C7H11N3O2. The minimum absolute atomic E-state index is 0.0561. The Hall–Kier alpha value is -1.36. The summed E-state index contributed by atoms with van der Waals surface area (Å²) in [6.07, 6.45) is 1.59. The summed E-state index contributed by atoms with van der Waals surface area (Å²) in [7, 11) is 1.54. The predicted molar refractivity (Wildman–Crippen MR) is 44.2 cm³/mol. The van der Waals surface area contributed by atoms with E-state index in [-0.39, 0.29) is 6.61 Å². The van der Waals surface area contributed by atoms with Crippen molar-refractivity contribution in [2.24, 2.45) is 0 Å². The maximum Gasteiger partial charge on any atom is 0.226 e. The van der Waals surface area contributed by atoms with Gasteiger partial charge in [-0.2, -0.15) is 4.98 Å². The average molecular weight is 169 g/mol. The fraction of sp³-hybridized carbons (Fsp3) is 0.429. The van der Waals surface area contributed by atoms with Crippen LogP contribution in [0.25, 0.3) is 0 Å². The molecule has 1 aromatic rings. The number of aromatic nitrogens is 2. The normalized spacial score (nSPS) is 9.50. The Bertz CT molecular complexity index is 242. The summed E-state index contributed by atoms with van der Waals surface area (Å²) in [5.41, 5.74) is 0. The van der Waals surface area contributed by atoms with E-state index in [0.717, 1.165) is 0 Å². The van der Waals surface area contributed by atoms with Gasteiger partial charge < -0.3 is 15.2 Å². The maximum absolute atomic E-state index is 8.50. The van der Waals surface area contributed by atoms with Crippen LogP contribution in [0.1, 0.15) is 0 Å². The molecular weight excluding hydrogens is 158 g/mol. The fourth-order valence-corrected chi connectivity index (χ4v) is 0.709. The monoisotopic (exact) mass is 169 g/mol. The van der Waals surface area contributed by atoms with Gasteiger partial charge in [-0.15, -0.1) is 0 Å². The summed E-state index contributed by atoms with van der Waals surface area (Å²) < 4.78 is 4.88. The van der Waals surface area contributed by atoms with E-state index in [0.29, 0.717) is 18.4 Å². The summed E-state index contributed by atoms with van der Waals surface area (Å²) in [4.78, 5) is 7.88. The molecule has 66 valence electrons. The molecule has 0 unspecified atom stereocenters. The van der Waals surface area contributed by atoms with Gasteiger partial charge in [0, 0.05) is 18.8 Å². The van der Waals surface area contributed by atoms with Crippen LogP contribution in [0, 0.1) is 0 Å². The lowest BCUT2D eigenvalue weighted by Gasteiger charge is -2.02. The van der Waals surface area contributed by atoms with Gasteiger partial charge in [0.1, 0.15) is 0 Å². The lowest BCUT2D eigenvalue weighted by atomic mass is 10.6. The van der Waals surface area contributed by atoms with Gasteiger partial charge >= 0.3 is 0 Å². The van der Waals surface area contributed by atoms with Crippen molar-refractivity contribution in [3.8, 4) is 5.88 Å². The molecule has 0 bridgehead atoms. The van der Waals surface area contributed by atoms with Crippen molar-refractivity contribution in [1.82, 2.24) is 9.97 Å². The standard InChI is InChI=1S/C7H11N3O2/c1-12-6-2-3-8-7(10-6)9-4-5-11/h2-3,11H,4-5H2,1H3,(H,8,9,10). The lowest BCUT2D eigenvalue weighted by Crippen LogP contribution is -2.08. The third kappa shape index (κ3) is 2.35. The van der Waals surface area contributed by atoms with Gasteiger partial charge in [0.05, 0.1) is 13.7 Å². The molecule has 0 aliphatic carbocycles. The number of aliphatic hydroxyl groups is 1. The number of rotatable bonds is 4. The second-order valence-electron chi connectivity index (χ2n) is 2.07. The van der Waals surface area contributed by atoms with Crippen molar-refractivity contribution in [3.63, 3.8) is 0 Å². The molecule has 1 rings (SSSR count). The quantitative estimate of drug-likeness (QED) is 0.658.